The highest BCUT2D eigenvalue weighted by Crippen LogP contribution is 2.30. The monoisotopic (exact) mass is 584 g/mol. The molecule has 2 aliphatic rings. The van der Waals surface area contributed by atoms with E-state index < -0.39 is 11.7 Å². The van der Waals surface area contributed by atoms with Gasteiger partial charge < -0.3 is 34.9 Å². The third-order valence-electron chi connectivity index (χ3n) is 7.30. The molecule has 0 atom stereocenters. The first-order valence-electron chi connectivity index (χ1n) is 14.5. The SMILES string of the molecule is CC(C)(C)OC(=O)NC1CN(c2ccnc(CC(=O)Nc3ccc(-c4cc5c(N6CCOCC6)ncnc5[nH]4)cc3)c2)C1. The number of hydrogen-bond acceptors (Lipinski definition) is 9. The molecule has 43 heavy (non-hydrogen) atoms. The molecule has 6 rings (SSSR count). The Morgan fingerprint density at radius 2 is 1.79 bits per heavy atom. The maximum absolute atomic E-state index is 12.8. The van der Waals surface area contributed by atoms with Crippen molar-refractivity contribution in [2.45, 2.75) is 38.8 Å². The molecule has 2 aliphatic heterocycles. The molecule has 0 aliphatic carbocycles. The predicted octanol–water partition coefficient (Wildman–Crippen LogP) is 3.75. The lowest BCUT2D eigenvalue weighted by Crippen LogP contribution is -2.60. The number of nitrogens with one attached hydrogen (secondary N) is 3. The number of morpholine rings is 1. The Morgan fingerprint density at radius 3 is 2.53 bits per heavy atom. The number of hydrogen-bond donors (Lipinski definition) is 3. The van der Waals surface area contributed by atoms with Crippen LogP contribution in [-0.4, -0.2) is 83.0 Å². The van der Waals surface area contributed by atoms with Crippen molar-refractivity contribution in [1.82, 2.24) is 25.3 Å². The molecule has 12 heteroatoms. The Bertz CT molecular complexity index is 1600. The summed E-state index contributed by atoms with van der Waals surface area (Å²) in [7, 11) is 0. The molecule has 0 spiro atoms. The first-order valence-corrected chi connectivity index (χ1v) is 14.5. The number of aromatic nitrogens is 4. The van der Waals surface area contributed by atoms with E-state index in [1.54, 1.807) is 12.5 Å². The standard InChI is InChI=1S/C31H36N8O4/c1-31(2,3)43-30(41)36-23-17-39(18-23)24-8-9-32-22(14-24)15-27(40)35-21-6-4-20(5-7-21)26-16-25-28(37-26)33-19-34-29(25)38-10-12-42-13-11-38/h4-9,14,16,19,23H,10-13,15,17-18H2,1-3H3,(H,35,40)(H,36,41)(H,33,34,37). The molecule has 0 unspecified atom stereocenters. The van der Waals surface area contributed by atoms with Gasteiger partial charge in [0.15, 0.2) is 0 Å². The van der Waals surface area contributed by atoms with E-state index in [1.807, 2.05) is 57.2 Å². The molecule has 0 saturated carbocycles. The summed E-state index contributed by atoms with van der Waals surface area (Å²) < 4.78 is 10.8. The van der Waals surface area contributed by atoms with Crippen LogP contribution in [0.4, 0.5) is 22.0 Å². The molecule has 2 amide bonds. The van der Waals surface area contributed by atoms with Gasteiger partial charge in [0.2, 0.25) is 5.91 Å². The van der Waals surface area contributed by atoms with E-state index in [4.69, 9.17) is 9.47 Å². The van der Waals surface area contributed by atoms with Crippen molar-refractivity contribution in [3.63, 3.8) is 0 Å². The Balaban J connectivity index is 1.04. The van der Waals surface area contributed by atoms with Crippen LogP contribution in [0.2, 0.25) is 0 Å². The van der Waals surface area contributed by atoms with E-state index in [-0.39, 0.29) is 18.4 Å². The van der Waals surface area contributed by atoms with E-state index >= 15 is 0 Å². The highest BCUT2D eigenvalue weighted by atomic mass is 16.6. The molecular weight excluding hydrogens is 548 g/mol. The minimum atomic E-state index is -0.531. The van der Waals surface area contributed by atoms with Crippen LogP contribution in [0.1, 0.15) is 26.5 Å². The normalized spacial score (nSPS) is 15.7. The number of benzene rings is 1. The van der Waals surface area contributed by atoms with Crippen molar-refractivity contribution in [3.8, 4) is 11.3 Å². The smallest absolute Gasteiger partial charge is 0.407 e. The summed E-state index contributed by atoms with van der Waals surface area (Å²) in [5.74, 6) is 0.755. The van der Waals surface area contributed by atoms with Gasteiger partial charge in [-0.05, 0) is 56.7 Å². The van der Waals surface area contributed by atoms with Gasteiger partial charge in [-0.3, -0.25) is 9.78 Å². The zero-order chi connectivity index (χ0) is 30.0. The van der Waals surface area contributed by atoms with E-state index in [0.717, 1.165) is 46.9 Å². The quantitative estimate of drug-likeness (QED) is 0.297. The minimum Gasteiger partial charge on any atom is -0.444 e. The lowest BCUT2D eigenvalue weighted by Gasteiger charge is -2.41. The van der Waals surface area contributed by atoms with Gasteiger partial charge in [-0.25, -0.2) is 14.8 Å². The fourth-order valence-corrected chi connectivity index (χ4v) is 5.23. The maximum atomic E-state index is 12.8. The number of ether oxygens (including phenoxy) is 2. The number of anilines is 3. The second-order valence-electron chi connectivity index (χ2n) is 11.8. The van der Waals surface area contributed by atoms with Gasteiger partial charge in [0.1, 0.15) is 23.4 Å². The molecule has 2 saturated heterocycles. The first kappa shape index (κ1) is 28.4. The topological polar surface area (TPSA) is 138 Å². The fraction of sp³-hybridized carbons (Fsp3) is 0.387. The van der Waals surface area contributed by atoms with Crippen molar-refractivity contribution >= 4 is 40.2 Å². The van der Waals surface area contributed by atoms with Crippen LogP contribution >= 0.6 is 0 Å². The Kier molecular flexibility index (Phi) is 7.85. The molecule has 0 radical (unpaired) electrons. The van der Waals surface area contributed by atoms with E-state index in [0.29, 0.717) is 37.7 Å². The van der Waals surface area contributed by atoms with Crippen LogP contribution < -0.4 is 20.4 Å². The number of aromatic amines is 1. The average Bonchev–Trinajstić information content (AvgIpc) is 3.39. The van der Waals surface area contributed by atoms with Gasteiger partial charge in [0, 0.05) is 49.4 Å². The number of rotatable bonds is 7. The van der Waals surface area contributed by atoms with Crippen LogP contribution in [0, 0.1) is 0 Å². The number of carbonyl (C=O) groups is 2. The number of carbonyl (C=O) groups excluding carboxylic acids is 2. The summed E-state index contributed by atoms with van der Waals surface area (Å²) in [6, 6.07) is 13.6. The minimum absolute atomic E-state index is 0.0156. The zero-order valence-electron chi connectivity index (χ0n) is 24.6. The van der Waals surface area contributed by atoms with Gasteiger partial charge in [-0.1, -0.05) is 12.1 Å². The van der Waals surface area contributed by atoms with Gasteiger partial charge in [0.05, 0.1) is 36.8 Å². The van der Waals surface area contributed by atoms with Crippen molar-refractivity contribution < 1.29 is 19.1 Å². The molecule has 224 valence electrons. The van der Waals surface area contributed by atoms with Gasteiger partial charge in [-0.15, -0.1) is 0 Å². The zero-order valence-corrected chi connectivity index (χ0v) is 24.6. The fourth-order valence-electron chi connectivity index (χ4n) is 5.23. The third kappa shape index (κ3) is 6.86. The summed E-state index contributed by atoms with van der Waals surface area (Å²) >= 11 is 0. The Labute approximate surface area is 249 Å². The summed E-state index contributed by atoms with van der Waals surface area (Å²) in [4.78, 5) is 45.9. The number of pyridine rings is 1. The molecule has 1 aromatic carbocycles. The lowest BCUT2D eigenvalue weighted by molar-refractivity contribution is -0.115. The largest absolute Gasteiger partial charge is 0.444 e. The van der Waals surface area contributed by atoms with Crippen LogP contribution in [0.25, 0.3) is 22.3 Å². The van der Waals surface area contributed by atoms with Crippen LogP contribution in [-0.2, 0) is 20.7 Å². The van der Waals surface area contributed by atoms with Crippen molar-refractivity contribution in [2.24, 2.45) is 0 Å². The molecule has 2 fully saturated rings. The Hall–Kier alpha value is -4.71. The van der Waals surface area contributed by atoms with E-state index in [9.17, 15) is 9.59 Å². The highest BCUT2D eigenvalue weighted by Gasteiger charge is 2.30. The van der Waals surface area contributed by atoms with Crippen molar-refractivity contribution in [3.05, 3.63) is 60.7 Å². The summed E-state index contributed by atoms with van der Waals surface area (Å²) in [5, 5.41) is 6.83. The molecule has 3 aromatic heterocycles. The Morgan fingerprint density at radius 1 is 1.02 bits per heavy atom. The van der Waals surface area contributed by atoms with Crippen molar-refractivity contribution in [2.75, 3.05) is 54.5 Å². The molecule has 3 N–H and O–H groups in total. The van der Waals surface area contributed by atoms with Gasteiger partial charge in [0.25, 0.3) is 0 Å². The van der Waals surface area contributed by atoms with Gasteiger partial charge in [-0.2, -0.15) is 0 Å². The molecule has 4 aromatic rings. The molecule has 12 nitrogen and oxygen atoms in total. The van der Waals surface area contributed by atoms with Crippen LogP contribution in [0.15, 0.2) is 55.0 Å². The van der Waals surface area contributed by atoms with Crippen LogP contribution in [0.5, 0.6) is 0 Å². The number of fused-ring (bicyclic) bond motifs is 1. The summed E-state index contributed by atoms with van der Waals surface area (Å²) in [6.45, 7) is 9.82. The van der Waals surface area contributed by atoms with E-state index in [1.165, 1.54) is 0 Å². The van der Waals surface area contributed by atoms with E-state index in [2.05, 4.69) is 46.4 Å². The molecular formula is C31H36N8O4. The first-order chi connectivity index (χ1) is 20.7. The summed E-state index contributed by atoms with van der Waals surface area (Å²) in [5.41, 5.74) is 4.50. The predicted molar refractivity (Wildman–Crippen MR) is 164 cm³/mol. The average molecular weight is 585 g/mol. The van der Waals surface area contributed by atoms with Crippen LogP contribution in [0.3, 0.4) is 0 Å². The maximum Gasteiger partial charge on any atom is 0.407 e. The second kappa shape index (κ2) is 11.9. The second-order valence-corrected chi connectivity index (χ2v) is 11.8. The third-order valence-corrected chi connectivity index (χ3v) is 7.30. The molecule has 0 bridgehead atoms. The highest BCUT2D eigenvalue weighted by molar-refractivity contribution is 5.94. The molecule has 5 heterocycles. The summed E-state index contributed by atoms with van der Waals surface area (Å²) in [6.07, 6.45) is 3.02. The number of nitrogens with zero attached hydrogens (tertiary/aromatic N) is 5. The number of amides is 2. The number of alkyl carbamates (subject to hydrolysis) is 1. The lowest BCUT2D eigenvalue weighted by atomic mass is 10.1. The van der Waals surface area contributed by atoms with Gasteiger partial charge >= 0.3 is 6.09 Å². The van der Waals surface area contributed by atoms with Crippen molar-refractivity contribution in [1.29, 1.82) is 0 Å². The number of H-pyrrole nitrogens is 1.